The van der Waals surface area contributed by atoms with Gasteiger partial charge in [0, 0.05) is 6.54 Å². The molecule has 0 fully saturated rings. The molecule has 0 unspecified atom stereocenters. The lowest BCUT2D eigenvalue weighted by atomic mass is 10.2. The summed E-state index contributed by atoms with van der Waals surface area (Å²) >= 11 is 0. The number of carbonyl (C=O) groups is 1. The average molecular weight is 468 g/mol. The molecule has 0 radical (unpaired) electrons. The van der Waals surface area contributed by atoms with Crippen molar-refractivity contribution in [3.05, 3.63) is 0 Å². The summed E-state index contributed by atoms with van der Waals surface area (Å²) in [5.41, 5.74) is -0.462. The van der Waals surface area contributed by atoms with Gasteiger partial charge in [-0.1, -0.05) is 0 Å². The van der Waals surface area contributed by atoms with E-state index in [2.05, 4.69) is 5.32 Å². The molecule has 0 aromatic heterocycles. The van der Waals surface area contributed by atoms with Crippen molar-refractivity contribution in [3.63, 3.8) is 0 Å². The highest BCUT2D eigenvalue weighted by Crippen LogP contribution is 2.07. The third kappa shape index (κ3) is 27.2. The number of ether oxygens (including phenoxy) is 8. The van der Waals surface area contributed by atoms with Crippen molar-refractivity contribution < 1.29 is 42.7 Å². The molecule has 0 saturated carbocycles. The average Bonchev–Trinajstić information content (AvgIpc) is 2.73. The molecular formula is C22H45NO9. The van der Waals surface area contributed by atoms with Crippen LogP contribution in [0.5, 0.6) is 0 Å². The van der Waals surface area contributed by atoms with Crippen molar-refractivity contribution in [3.8, 4) is 0 Å². The molecule has 0 aliphatic heterocycles. The Balaban J connectivity index is 3.10. The van der Waals surface area contributed by atoms with Crippen molar-refractivity contribution >= 4 is 5.97 Å². The molecule has 0 aromatic rings. The van der Waals surface area contributed by atoms with Crippen molar-refractivity contribution in [2.45, 2.75) is 32.8 Å². The Bertz CT molecular complexity index is 405. The van der Waals surface area contributed by atoms with Crippen LogP contribution in [0.2, 0.25) is 0 Å². The molecular weight excluding hydrogens is 422 g/mol. The summed E-state index contributed by atoms with van der Waals surface area (Å²) in [7, 11) is 1.89. The summed E-state index contributed by atoms with van der Waals surface area (Å²) in [5, 5.41) is 3.01. The summed E-state index contributed by atoms with van der Waals surface area (Å²) in [6.07, 6.45) is 0.242. The molecule has 0 heterocycles. The van der Waals surface area contributed by atoms with Crippen LogP contribution < -0.4 is 5.32 Å². The Kier molecular flexibility index (Phi) is 22.7. The van der Waals surface area contributed by atoms with Crippen LogP contribution >= 0.6 is 0 Å². The highest BCUT2D eigenvalue weighted by atomic mass is 16.6. The van der Waals surface area contributed by atoms with Crippen molar-refractivity contribution in [2.75, 3.05) is 106 Å². The Morgan fingerprint density at radius 3 is 1.19 bits per heavy atom. The van der Waals surface area contributed by atoms with Crippen LogP contribution in [-0.2, 0) is 42.7 Å². The zero-order chi connectivity index (χ0) is 23.8. The van der Waals surface area contributed by atoms with Gasteiger partial charge in [0.1, 0.15) is 5.60 Å². The van der Waals surface area contributed by atoms with Crippen molar-refractivity contribution in [1.29, 1.82) is 0 Å². The Labute approximate surface area is 193 Å². The maximum Gasteiger partial charge on any atom is 0.308 e. The lowest BCUT2D eigenvalue weighted by Gasteiger charge is -2.19. The number of esters is 1. The van der Waals surface area contributed by atoms with E-state index in [1.165, 1.54) is 0 Å². The SMILES string of the molecule is CNCCOCCOCCOCCOCCOCCOCCOCCC(=O)OC(C)(C)C. The Hall–Kier alpha value is -0.850. The molecule has 1 N–H and O–H groups in total. The predicted octanol–water partition coefficient (Wildman–Crippen LogP) is 1.05. The van der Waals surface area contributed by atoms with E-state index in [0.717, 1.165) is 6.54 Å². The van der Waals surface area contributed by atoms with E-state index in [-0.39, 0.29) is 12.4 Å². The van der Waals surface area contributed by atoms with Crippen LogP contribution in [0.25, 0.3) is 0 Å². The van der Waals surface area contributed by atoms with Gasteiger partial charge in [-0.3, -0.25) is 4.79 Å². The lowest BCUT2D eigenvalue weighted by Crippen LogP contribution is -2.24. The predicted molar refractivity (Wildman–Crippen MR) is 120 cm³/mol. The zero-order valence-electron chi connectivity index (χ0n) is 20.5. The molecule has 0 bridgehead atoms. The molecule has 0 atom stereocenters. The maximum atomic E-state index is 11.5. The molecule has 192 valence electrons. The fourth-order valence-electron chi connectivity index (χ4n) is 2.14. The molecule has 0 aliphatic carbocycles. The monoisotopic (exact) mass is 467 g/mol. The fourth-order valence-corrected chi connectivity index (χ4v) is 2.14. The van der Waals surface area contributed by atoms with Gasteiger partial charge in [-0.25, -0.2) is 0 Å². The molecule has 32 heavy (non-hydrogen) atoms. The first-order chi connectivity index (χ1) is 15.5. The number of hydrogen-bond acceptors (Lipinski definition) is 10. The van der Waals surface area contributed by atoms with Gasteiger partial charge in [0.15, 0.2) is 0 Å². The van der Waals surface area contributed by atoms with Crippen LogP contribution in [0.15, 0.2) is 0 Å². The Morgan fingerprint density at radius 1 is 0.562 bits per heavy atom. The van der Waals surface area contributed by atoms with E-state index in [4.69, 9.17) is 37.9 Å². The van der Waals surface area contributed by atoms with E-state index >= 15 is 0 Å². The van der Waals surface area contributed by atoms with E-state index in [0.29, 0.717) is 92.5 Å². The fraction of sp³-hybridized carbons (Fsp3) is 0.955. The normalized spacial score (nSPS) is 11.8. The molecule has 0 aromatic carbocycles. The highest BCUT2D eigenvalue weighted by molar-refractivity contribution is 5.69. The zero-order valence-corrected chi connectivity index (χ0v) is 20.5. The van der Waals surface area contributed by atoms with Gasteiger partial charge in [-0.05, 0) is 27.8 Å². The summed E-state index contributed by atoms with van der Waals surface area (Å²) < 4.78 is 42.9. The molecule has 10 heteroatoms. The molecule has 0 aliphatic rings. The number of hydrogen-bond donors (Lipinski definition) is 1. The smallest absolute Gasteiger partial charge is 0.308 e. The van der Waals surface area contributed by atoms with Gasteiger partial charge in [0.05, 0.1) is 98.9 Å². The van der Waals surface area contributed by atoms with Gasteiger partial charge < -0.3 is 43.2 Å². The number of nitrogens with one attached hydrogen (secondary N) is 1. The van der Waals surface area contributed by atoms with Crippen molar-refractivity contribution in [1.82, 2.24) is 5.32 Å². The second-order valence-electron chi connectivity index (χ2n) is 7.73. The first-order valence-corrected chi connectivity index (χ1v) is 11.4. The second-order valence-corrected chi connectivity index (χ2v) is 7.73. The van der Waals surface area contributed by atoms with Gasteiger partial charge in [-0.2, -0.15) is 0 Å². The van der Waals surface area contributed by atoms with E-state index < -0.39 is 5.60 Å². The quantitative estimate of drug-likeness (QED) is 0.164. The van der Waals surface area contributed by atoms with Crippen molar-refractivity contribution in [2.24, 2.45) is 0 Å². The van der Waals surface area contributed by atoms with Gasteiger partial charge in [0.25, 0.3) is 0 Å². The molecule has 0 spiro atoms. The minimum Gasteiger partial charge on any atom is -0.460 e. The van der Waals surface area contributed by atoms with Gasteiger partial charge >= 0.3 is 5.97 Å². The summed E-state index contributed by atoms with van der Waals surface area (Å²) in [4.78, 5) is 11.5. The third-order valence-corrected chi connectivity index (χ3v) is 3.60. The standard InChI is InChI=1S/C22H45NO9/c1-22(2,3)32-21(24)5-7-25-9-11-27-13-15-29-17-19-31-20-18-30-16-14-28-12-10-26-8-6-23-4/h23H,5-20H2,1-4H3. The Morgan fingerprint density at radius 2 is 0.875 bits per heavy atom. The highest BCUT2D eigenvalue weighted by Gasteiger charge is 2.15. The minimum atomic E-state index is -0.462. The van der Waals surface area contributed by atoms with Crippen LogP contribution in [0.4, 0.5) is 0 Å². The number of likely N-dealkylation sites (N-methyl/N-ethyl adjacent to an activating group) is 1. The first-order valence-electron chi connectivity index (χ1n) is 11.4. The second kappa shape index (κ2) is 23.3. The van der Waals surface area contributed by atoms with E-state index in [9.17, 15) is 4.79 Å². The molecule has 0 amide bonds. The van der Waals surface area contributed by atoms with Crippen LogP contribution in [-0.4, -0.2) is 118 Å². The minimum absolute atomic E-state index is 0.242. The number of carbonyl (C=O) groups excluding carboxylic acids is 1. The van der Waals surface area contributed by atoms with Crippen LogP contribution in [0.3, 0.4) is 0 Å². The maximum absolute atomic E-state index is 11.5. The topological polar surface area (TPSA) is 103 Å². The summed E-state index contributed by atoms with van der Waals surface area (Å²) in [6.45, 7) is 13.6. The number of rotatable bonds is 24. The van der Waals surface area contributed by atoms with E-state index in [1.807, 2.05) is 27.8 Å². The van der Waals surface area contributed by atoms with Gasteiger partial charge in [-0.15, -0.1) is 0 Å². The molecule has 0 saturated heterocycles. The van der Waals surface area contributed by atoms with E-state index in [1.54, 1.807) is 0 Å². The molecule has 0 rings (SSSR count). The summed E-state index contributed by atoms with van der Waals surface area (Å²) in [6, 6.07) is 0. The van der Waals surface area contributed by atoms with Gasteiger partial charge in [0.2, 0.25) is 0 Å². The first kappa shape index (κ1) is 31.1. The molecule has 10 nitrogen and oxygen atoms in total. The van der Waals surface area contributed by atoms with Crippen LogP contribution in [0.1, 0.15) is 27.2 Å². The third-order valence-electron chi connectivity index (χ3n) is 3.60. The summed E-state index contributed by atoms with van der Waals surface area (Å²) in [5.74, 6) is -0.257. The largest absolute Gasteiger partial charge is 0.460 e. The lowest BCUT2D eigenvalue weighted by molar-refractivity contribution is -0.156. The van der Waals surface area contributed by atoms with Crippen LogP contribution in [0, 0.1) is 0 Å².